The summed E-state index contributed by atoms with van der Waals surface area (Å²) >= 11 is 0. The maximum atomic E-state index is 13.0. The number of hydrogen-bond acceptors (Lipinski definition) is 4. The topological polar surface area (TPSA) is 70.2 Å². The Kier molecular flexibility index (Phi) is 5.09. The summed E-state index contributed by atoms with van der Waals surface area (Å²) in [6.45, 7) is 2.13. The zero-order valence-corrected chi connectivity index (χ0v) is 15.9. The lowest BCUT2D eigenvalue weighted by molar-refractivity contribution is 0.128. The third kappa shape index (κ3) is 3.68. The summed E-state index contributed by atoms with van der Waals surface area (Å²) in [6, 6.07) is 6.09. The van der Waals surface area contributed by atoms with E-state index in [-0.39, 0.29) is 31.0 Å². The van der Waals surface area contributed by atoms with Gasteiger partial charge in [0.1, 0.15) is 11.9 Å². The molecule has 1 amide bonds. The average Bonchev–Trinajstić information content (AvgIpc) is 3.35. The standard InChI is InChI=1S/C18H24FN3O4S/c19-15-7-5-14(6-8-15)4-3-11-22-16-12-21(13-17(16)26-18(22)23)27(24,25)20-9-1-2-10-20/h5-8,16-17H,1-4,9-13H2/t16-,17+/m0/s1. The van der Waals surface area contributed by atoms with Gasteiger partial charge in [-0.2, -0.15) is 17.0 Å². The largest absolute Gasteiger partial charge is 0.442 e. The highest BCUT2D eigenvalue weighted by molar-refractivity contribution is 7.86. The molecule has 1 aromatic rings. The van der Waals surface area contributed by atoms with E-state index < -0.39 is 16.3 Å². The van der Waals surface area contributed by atoms with E-state index in [1.54, 1.807) is 17.0 Å². The molecular formula is C18H24FN3O4S. The molecule has 0 aromatic heterocycles. The fourth-order valence-electron chi connectivity index (χ4n) is 4.10. The Morgan fingerprint density at radius 1 is 1.07 bits per heavy atom. The van der Waals surface area contributed by atoms with E-state index in [0.29, 0.717) is 26.1 Å². The predicted molar refractivity (Wildman–Crippen MR) is 96.8 cm³/mol. The van der Waals surface area contributed by atoms with Gasteiger partial charge in [-0.15, -0.1) is 0 Å². The first-order valence-electron chi connectivity index (χ1n) is 9.42. The molecule has 0 N–H and O–H groups in total. The number of rotatable bonds is 6. The van der Waals surface area contributed by atoms with Gasteiger partial charge in [-0.3, -0.25) is 0 Å². The molecule has 0 aliphatic carbocycles. The summed E-state index contributed by atoms with van der Waals surface area (Å²) in [4.78, 5) is 13.8. The molecule has 0 unspecified atom stereocenters. The van der Waals surface area contributed by atoms with E-state index in [2.05, 4.69) is 0 Å². The number of ether oxygens (including phenoxy) is 1. The summed E-state index contributed by atoms with van der Waals surface area (Å²) in [6.07, 6.45) is 2.44. The van der Waals surface area contributed by atoms with E-state index in [1.165, 1.54) is 20.7 Å². The minimum absolute atomic E-state index is 0.226. The summed E-state index contributed by atoms with van der Waals surface area (Å²) in [5.74, 6) is -0.269. The third-order valence-corrected chi connectivity index (χ3v) is 7.55. The molecule has 1 aromatic carbocycles. The molecule has 4 rings (SSSR count). The van der Waals surface area contributed by atoms with Gasteiger partial charge in [0, 0.05) is 26.2 Å². The number of hydrogen-bond donors (Lipinski definition) is 0. The zero-order chi connectivity index (χ0) is 19.0. The number of halogens is 1. The second kappa shape index (κ2) is 7.37. The molecule has 148 valence electrons. The number of amides is 1. The monoisotopic (exact) mass is 397 g/mol. The van der Waals surface area contributed by atoms with Crippen molar-refractivity contribution in [1.82, 2.24) is 13.5 Å². The second-order valence-electron chi connectivity index (χ2n) is 7.34. The van der Waals surface area contributed by atoms with Crippen molar-refractivity contribution < 1.29 is 22.3 Å². The number of carbonyl (C=O) groups is 1. The van der Waals surface area contributed by atoms with E-state index in [1.807, 2.05) is 0 Å². The van der Waals surface area contributed by atoms with Crippen molar-refractivity contribution >= 4 is 16.3 Å². The summed E-state index contributed by atoms with van der Waals surface area (Å²) in [7, 11) is -3.48. The molecule has 0 spiro atoms. The number of fused-ring (bicyclic) bond motifs is 1. The average molecular weight is 397 g/mol. The highest BCUT2D eigenvalue weighted by Crippen LogP contribution is 2.30. The molecule has 3 aliphatic heterocycles. The molecule has 0 radical (unpaired) electrons. The maximum absolute atomic E-state index is 13.0. The van der Waals surface area contributed by atoms with Crippen molar-refractivity contribution in [3.8, 4) is 0 Å². The van der Waals surface area contributed by atoms with Crippen molar-refractivity contribution in [2.45, 2.75) is 37.8 Å². The normalized spacial score (nSPS) is 26.6. The Morgan fingerprint density at radius 3 is 2.48 bits per heavy atom. The fraction of sp³-hybridized carbons (Fsp3) is 0.611. The van der Waals surface area contributed by atoms with Gasteiger partial charge < -0.3 is 9.64 Å². The van der Waals surface area contributed by atoms with Crippen LogP contribution in [0, 0.1) is 5.82 Å². The molecule has 9 heteroatoms. The van der Waals surface area contributed by atoms with Crippen LogP contribution in [-0.2, 0) is 21.4 Å². The van der Waals surface area contributed by atoms with Gasteiger partial charge in [-0.05, 0) is 43.4 Å². The van der Waals surface area contributed by atoms with Crippen LogP contribution in [0.4, 0.5) is 9.18 Å². The van der Waals surface area contributed by atoms with Crippen LogP contribution >= 0.6 is 0 Å². The summed E-state index contributed by atoms with van der Waals surface area (Å²) < 4.78 is 46.8. The predicted octanol–water partition coefficient (Wildman–Crippen LogP) is 1.60. The van der Waals surface area contributed by atoms with Crippen molar-refractivity contribution in [3.05, 3.63) is 35.6 Å². The van der Waals surface area contributed by atoms with Crippen molar-refractivity contribution in [1.29, 1.82) is 0 Å². The maximum Gasteiger partial charge on any atom is 0.410 e. The van der Waals surface area contributed by atoms with Gasteiger partial charge >= 0.3 is 6.09 Å². The molecule has 3 fully saturated rings. The Labute approximate surface area is 158 Å². The lowest BCUT2D eigenvalue weighted by Gasteiger charge is -2.25. The Morgan fingerprint density at radius 2 is 1.78 bits per heavy atom. The first-order valence-corrected chi connectivity index (χ1v) is 10.8. The Balaban J connectivity index is 1.35. The number of carbonyl (C=O) groups excluding carboxylic acids is 1. The summed E-state index contributed by atoms with van der Waals surface area (Å²) in [5.41, 5.74) is 1.00. The minimum atomic E-state index is -3.48. The second-order valence-corrected chi connectivity index (χ2v) is 9.27. The number of benzene rings is 1. The van der Waals surface area contributed by atoms with Gasteiger partial charge in [-0.1, -0.05) is 12.1 Å². The highest BCUT2D eigenvalue weighted by Gasteiger charge is 2.51. The van der Waals surface area contributed by atoms with Crippen LogP contribution in [0.1, 0.15) is 24.8 Å². The molecule has 2 atom stereocenters. The molecule has 0 bridgehead atoms. The van der Waals surface area contributed by atoms with Crippen LogP contribution in [0.3, 0.4) is 0 Å². The van der Waals surface area contributed by atoms with Gasteiger partial charge in [0.25, 0.3) is 10.2 Å². The highest BCUT2D eigenvalue weighted by atomic mass is 32.2. The molecule has 7 nitrogen and oxygen atoms in total. The SMILES string of the molecule is O=C1O[C@@H]2CN(S(=O)(=O)N3CCCC3)C[C@@H]2N1CCCc1ccc(F)cc1. The quantitative estimate of drug-likeness (QED) is 0.731. The molecule has 3 aliphatic rings. The van der Waals surface area contributed by atoms with E-state index in [0.717, 1.165) is 24.8 Å². The Hall–Kier alpha value is -1.71. The van der Waals surface area contributed by atoms with Crippen LogP contribution < -0.4 is 0 Å². The van der Waals surface area contributed by atoms with Crippen molar-refractivity contribution in [2.75, 3.05) is 32.7 Å². The van der Waals surface area contributed by atoms with Crippen LogP contribution in [-0.4, -0.2) is 72.9 Å². The lowest BCUT2D eigenvalue weighted by atomic mass is 10.1. The van der Waals surface area contributed by atoms with Gasteiger partial charge in [0.15, 0.2) is 0 Å². The first-order chi connectivity index (χ1) is 12.9. The minimum Gasteiger partial charge on any atom is -0.442 e. The van der Waals surface area contributed by atoms with Crippen LogP contribution in [0.2, 0.25) is 0 Å². The van der Waals surface area contributed by atoms with Crippen LogP contribution in [0.25, 0.3) is 0 Å². The Bertz CT molecular complexity index is 795. The molecule has 0 saturated carbocycles. The van der Waals surface area contributed by atoms with E-state index >= 15 is 0 Å². The van der Waals surface area contributed by atoms with Crippen LogP contribution in [0.5, 0.6) is 0 Å². The van der Waals surface area contributed by atoms with Gasteiger partial charge in [0.05, 0.1) is 12.6 Å². The van der Waals surface area contributed by atoms with E-state index in [9.17, 15) is 17.6 Å². The summed E-state index contributed by atoms with van der Waals surface area (Å²) in [5, 5.41) is 0. The third-order valence-electron chi connectivity index (χ3n) is 5.59. The van der Waals surface area contributed by atoms with Crippen molar-refractivity contribution in [3.63, 3.8) is 0 Å². The van der Waals surface area contributed by atoms with E-state index in [4.69, 9.17) is 4.74 Å². The molecule has 27 heavy (non-hydrogen) atoms. The zero-order valence-electron chi connectivity index (χ0n) is 15.1. The number of nitrogens with zero attached hydrogens (tertiary/aromatic N) is 3. The van der Waals surface area contributed by atoms with Crippen LogP contribution in [0.15, 0.2) is 24.3 Å². The van der Waals surface area contributed by atoms with Gasteiger partial charge in [-0.25, -0.2) is 9.18 Å². The lowest BCUT2D eigenvalue weighted by Crippen LogP contribution is -2.44. The first kappa shape index (κ1) is 18.6. The fourth-order valence-corrected chi connectivity index (χ4v) is 5.83. The molecule has 3 heterocycles. The molecule has 3 saturated heterocycles. The van der Waals surface area contributed by atoms with Crippen molar-refractivity contribution in [2.24, 2.45) is 0 Å². The smallest absolute Gasteiger partial charge is 0.410 e. The number of aryl methyl sites for hydroxylation is 1. The van der Waals surface area contributed by atoms with Gasteiger partial charge in [0.2, 0.25) is 0 Å². The molecular weight excluding hydrogens is 373 g/mol.